The molecule has 1 heterocycles. The zero-order chi connectivity index (χ0) is 12.3. The second-order valence-corrected chi connectivity index (χ2v) is 4.34. The lowest BCUT2D eigenvalue weighted by molar-refractivity contribution is -0.674. The Morgan fingerprint density at radius 2 is 1.94 bits per heavy atom. The first kappa shape index (κ1) is 11.5. The summed E-state index contributed by atoms with van der Waals surface area (Å²) in [5.41, 5.74) is 4.81. The Hall–Kier alpha value is -1.96. The lowest BCUT2D eigenvalue weighted by Gasteiger charge is -2.00. The van der Waals surface area contributed by atoms with Crippen molar-refractivity contribution in [2.24, 2.45) is 7.05 Å². The number of nitrogens with zero attached hydrogens (tertiary/aromatic N) is 2. The standard InChI is InChI=1S/C15H17N2/c1-12-4-5-14(13(2)10-12)6-7-15-8-9-17(3)11-16-15/h4-11H,1-3H3/q+1/b7-6+. The summed E-state index contributed by atoms with van der Waals surface area (Å²) < 4.78 is 1.93. The monoisotopic (exact) mass is 225 g/mol. The van der Waals surface area contributed by atoms with Gasteiger partial charge in [0.1, 0.15) is 0 Å². The van der Waals surface area contributed by atoms with E-state index in [2.05, 4.69) is 43.1 Å². The third kappa shape index (κ3) is 3.00. The molecule has 0 saturated heterocycles. The van der Waals surface area contributed by atoms with E-state index < -0.39 is 0 Å². The van der Waals surface area contributed by atoms with Crippen LogP contribution in [0.25, 0.3) is 12.2 Å². The molecule has 0 aliphatic heterocycles. The average molecular weight is 225 g/mol. The van der Waals surface area contributed by atoms with E-state index in [1.807, 2.05) is 36.3 Å². The van der Waals surface area contributed by atoms with Gasteiger partial charge in [0.15, 0.2) is 5.69 Å². The summed E-state index contributed by atoms with van der Waals surface area (Å²) >= 11 is 0. The van der Waals surface area contributed by atoms with Crippen LogP contribution in [0.15, 0.2) is 36.8 Å². The molecule has 17 heavy (non-hydrogen) atoms. The van der Waals surface area contributed by atoms with Crippen LogP contribution >= 0.6 is 0 Å². The molecule has 0 radical (unpaired) electrons. The summed E-state index contributed by atoms with van der Waals surface area (Å²) in [5.74, 6) is 0. The van der Waals surface area contributed by atoms with Crippen LogP contribution < -0.4 is 4.57 Å². The molecule has 0 N–H and O–H groups in total. The molecule has 0 aliphatic rings. The van der Waals surface area contributed by atoms with Crippen molar-refractivity contribution in [2.75, 3.05) is 0 Å². The van der Waals surface area contributed by atoms with Crippen molar-refractivity contribution >= 4 is 12.2 Å². The molecule has 1 aromatic heterocycles. The van der Waals surface area contributed by atoms with Gasteiger partial charge in [0.25, 0.3) is 6.33 Å². The summed E-state index contributed by atoms with van der Waals surface area (Å²) in [7, 11) is 1.96. The third-order valence-corrected chi connectivity index (χ3v) is 2.73. The van der Waals surface area contributed by atoms with Crippen LogP contribution in [0.4, 0.5) is 0 Å². The number of hydrogen-bond acceptors (Lipinski definition) is 1. The van der Waals surface area contributed by atoms with Crippen LogP contribution in [0.3, 0.4) is 0 Å². The Morgan fingerprint density at radius 3 is 2.59 bits per heavy atom. The first-order valence-corrected chi connectivity index (χ1v) is 5.72. The highest BCUT2D eigenvalue weighted by Crippen LogP contribution is 2.13. The summed E-state index contributed by atoms with van der Waals surface area (Å²) in [6, 6.07) is 8.47. The summed E-state index contributed by atoms with van der Waals surface area (Å²) in [5, 5.41) is 0. The predicted octanol–water partition coefficient (Wildman–Crippen LogP) is 2.69. The molecule has 2 nitrogen and oxygen atoms in total. The zero-order valence-corrected chi connectivity index (χ0v) is 10.5. The SMILES string of the molecule is Cc1ccc(/C=C/c2cc[n+](C)cn2)c(C)c1. The van der Waals surface area contributed by atoms with Gasteiger partial charge in [-0.1, -0.05) is 29.8 Å². The lowest BCUT2D eigenvalue weighted by Crippen LogP contribution is -2.27. The van der Waals surface area contributed by atoms with Crippen molar-refractivity contribution in [3.63, 3.8) is 0 Å². The minimum Gasteiger partial charge on any atom is -0.240 e. The van der Waals surface area contributed by atoms with Gasteiger partial charge in [0.05, 0.1) is 13.2 Å². The molecular formula is C15H17N2+. The van der Waals surface area contributed by atoms with Gasteiger partial charge >= 0.3 is 0 Å². The predicted molar refractivity (Wildman–Crippen MR) is 70.3 cm³/mol. The van der Waals surface area contributed by atoms with Gasteiger partial charge in [-0.3, -0.25) is 0 Å². The fraction of sp³-hybridized carbons (Fsp3) is 0.200. The van der Waals surface area contributed by atoms with E-state index in [1.165, 1.54) is 16.7 Å². The van der Waals surface area contributed by atoms with E-state index >= 15 is 0 Å². The molecule has 0 aliphatic carbocycles. The van der Waals surface area contributed by atoms with Crippen molar-refractivity contribution in [1.82, 2.24) is 4.98 Å². The van der Waals surface area contributed by atoms with Gasteiger partial charge in [-0.2, -0.15) is 0 Å². The summed E-state index contributed by atoms with van der Waals surface area (Å²) in [6.45, 7) is 4.24. The Bertz CT molecular complexity index is 539. The largest absolute Gasteiger partial charge is 0.286 e. The highest BCUT2D eigenvalue weighted by atomic mass is 15.0. The van der Waals surface area contributed by atoms with Crippen LogP contribution in [0.2, 0.25) is 0 Å². The second kappa shape index (κ2) is 4.91. The summed E-state index contributed by atoms with van der Waals surface area (Å²) in [4.78, 5) is 4.32. The molecule has 86 valence electrons. The summed E-state index contributed by atoms with van der Waals surface area (Å²) in [6.07, 6.45) is 7.95. The number of aromatic nitrogens is 2. The van der Waals surface area contributed by atoms with Crippen LogP contribution in [-0.4, -0.2) is 4.98 Å². The molecule has 0 atom stereocenters. The van der Waals surface area contributed by atoms with Gasteiger partial charge in [-0.05, 0) is 36.0 Å². The van der Waals surface area contributed by atoms with Gasteiger partial charge in [0, 0.05) is 6.07 Å². The maximum atomic E-state index is 4.32. The molecule has 2 heteroatoms. The van der Waals surface area contributed by atoms with Crippen molar-refractivity contribution in [3.05, 3.63) is 59.2 Å². The third-order valence-electron chi connectivity index (χ3n) is 2.73. The van der Waals surface area contributed by atoms with E-state index in [4.69, 9.17) is 0 Å². The molecule has 0 amide bonds. The molecule has 0 saturated carbocycles. The second-order valence-electron chi connectivity index (χ2n) is 4.34. The number of benzene rings is 1. The molecule has 0 unspecified atom stereocenters. The van der Waals surface area contributed by atoms with Crippen LogP contribution in [-0.2, 0) is 7.05 Å². The van der Waals surface area contributed by atoms with E-state index in [0.29, 0.717) is 0 Å². The lowest BCUT2D eigenvalue weighted by atomic mass is 10.1. The molecule has 2 rings (SSSR count). The minimum absolute atomic E-state index is 0.975. The molecule has 0 bridgehead atoms. The zero-order valence-electron chi connectivity index (χ0n) is 10.5. The maximum Gasteiger partial charge on any atom is 0.286 e. The molecule has 1 aromatic carbocycles. The van der Waals surface area contributed by atoms with Crippen LogP contribution in [0.1, 0.15) is 22.4 Å². The van der Waals surface area contributed by atoms with Crippen molar-refractivity contribution in [3.8, 4) is 0 Å². The number of aryl methyl sites for hydroxylation is 3. The first-order chi connectivity index (χ1) is 8.15. The van der Waals surface area contributed by atoms with E-state index in [1.54, 1.807) is 0 Å². The molecule has 2 aromatic rings. The molecular weight excluding hydrogens is 208 g/mol. The first-order valence-electron chi connectivity index (χ1n) is 5.72. The van der Waals surface area contributed by atoms with E-state index in [9.17, 15) is 0 Å². The van der Waals surface area contributed by atoms with Gasteiger partial charge in [-0.25, -0.2) is 4.57 Å². The van der Waals surface area contributed by atoms with Gasteiger partial charge < -0.3 is 0 Å². The fourth-order valence-electron chi connectivity index (χ4n) is 1.72. The highest BCUT2D eigenvalue weighted by molar-refractivity contribution is 5.69. The average Bonchev–Trinajstić information content (AvgIpc) is 2.30. The smallest absolute Gasteiger partial charge is 0.240 e. The van der Waals surface area contributed by atoms with E-state index in [-0.39, 0.29) is 0 Å². The quantitative estimate of drug-likeness (QED) is 0.718. The number of hydrogen-bond donors (Lipinski definition) is 0. The van der Waals surface area contributed by atoms with Crippen molar-refractivity contribution in [1.29, 1.82) is 0 Å². The molecule has 0 fully saturated rings. The maximum absolute atomic E-state index is 4.32. The molecule has 0 spiro atoms. The highest BCUT2D eigenvalue weighted by Gasteiger charge is 1.98. The Morgan fingerprint density at radius 1 is 1.12 bits per heavy atom. The Balaban J connectivity index is 2.23. The Kier molecular flexibility index (Phi) is 3.33. The van der Waals surface area contributed by atoms with Crippen molar-refractivity contribution < 1.29 is 4.57 Å². The van der Waals surface area contributed by atoms with Crippen molar-refractivity contribution in [2.45, 2.75) is 13.8 Å². The Labute approximate surface area is 102 Å². The number of rotatable bonds is 2. The fourth-order valence-corrected chi connectivity index (χ4v) is 1.72. The van der Waals surface area contributed by atoms with Gasteiger partial charge in [-0.15, -0.1) is 0 Å². The minimum atomic E-state index is 0.975. The normalized spacial score (nSPS) is 11.0. The van der Waals surface area contributed by atoms with Crippen LogP contribution in [0.5, 0.6) is 0 Å². The van der Waals surface area contributed by atoms with Crippen LogP contribution in [0, 0.1) is 13.8 Å². The topological polar surface area (TPSA) is 16.8 Å². The van der Waals surface area contributed by atoms with E-state index in [0.717, 1.165) is 5.69 Å². The van der Waals surface area contributed by atoms with Gasteiger partial charge in [0.2, 0.25) is 0 Å².